The van der Waals surface area contributed by atoms with Gasteiger partial charge in [-0.1, -0.05) is 6.07 Å². The molecule has 0 bridgehead atoms. The van der Waals surface area contributed by atoms with E-state index in [-0.39, 0.29) is 5.78 Å². The number of hydrogen-bond acceptors (Lipinski definition) is 3. The second-order valence-corrected chi connectivity index (χ2v) is 5.78. The maximum absolute atomic E-state index is 12.5. The molecule has 0 N–H and O–H groups in total. The number of nitrogens with zero attached hydrogens (tertiary/aromatic N) is 2. The summed E-state index contributed by atoms with van der Waals surface area (Å²) in [7, 11) is 0. The second kappa shape index (κ2) is 6.19. The molecule has 20 heavy (non-hydrogen) atoms. The molecule has 0 spiro atoms. The van der Waals surface area contributed by atoms with Crippen LogP contribution in [0.2, 0.25) is 0 Å². The molecule has 0 atom stereocenters. The van der Waals surface area contributed by atoms with Crippen LogP contribution in [0, 0.1) is 32.1 Å². The molecule has 0 radical (unpaired) electrons. The molecule has 0 saturated heterocycles. The minimum absolute atomic E-state index is 0.176. The zero-order valence-corrected chi connectivity index (χ0v) is 12.6. The molecule has 1 fully saturated rings. The zero-order chi connectivity index (χ0) is 14.7. The Hall–Kier alpha value is -1.66. The summed E-state index contributed by atoms with van der Waals surface area (Å²) in [6, 6.07) is 6.77. The molecule has 1 aromatic rings. The Morgan fingerprint density at radius 1 is 1.25 bits per heavy atom. The molecular formula is C17H22N2O. The third kappa shape index (κ3) is 3.46. The number of ketones is 1. The molecule has 1 saturated carbocycles. The number of nitriles is 1. The molecule has 1 aliphatic carbocycles. The first-order valence-electron chi connectivity index (χ1n) is 7.25. The number of carbonyl (C=O) groups is 1. The standard InChI is InChI=1S/C17H22N2O/c1-12-9-14(3)16(10-13(12)2)17(20)11-19(8-4-7-18)15-5-6-15/h9-10,15H,4-6,8,11H2,1-3H3. The number of benzene rings is 1. The van der Waals surface area contributed by atoms with Gasteiger partial charge in [-0.15, -0.1) is 0 Å². The SMILES string of the molecule is Cc1cc(C)c(C(=O)CN(CCC#N)C2CC2)cc1C. The molecule has 0 unspecified atom stereocenters. The fraction of sp³-hybridized carbons (Fsp3) is 0.529. The van der Waals surface area contributed by atoms with E-state index in [2.05, 4.69) is 24.0 Å². The predicted octanol–water partition coefficient (Wildman–Crippen LogP) is 3.17. The highest BCUT2D eigenvalue weighted by Gasteiger charge is 2.30. The summed E-state index contributed by atoms with van der Waals surface area (Å²) >= 11 is 0. The summed E-state index contributed by atoms with van der Waals surface area (Å²) in [5, 5.41) is 8.72. The molecule has 0 aliphatic heterocycles. The summed E-state index contributed by atoms with van der Waals surface area (Å²) in [5.41, 5.74) is 4.27. The minimum Gasteiger partial charge on any atom is -0.293 e. The Labute approximate surface area is 121 Å². The quantitative estimate of drug-likeness (QED) is 0.746. The van der Waals surface area contributed by atoms with Gasteiger partial charge in [0.25, 0.3) is 0 Å². The van der Waals surface area contributed by atoms with Gasteiger partial charge in [-0.05, 0) is 56.4 Å². The van der Waals surface area contributed by atoms with E-state index in [0.717, 1.165) is 29.5 Å². The molecule has 3 heteroatoms. The van der Waals surface area contributed by atoms with Crippen molar-refractivity contribution in [1.82, 2.24) is 4.90 Å². The van der Waals surface area contributed by atoms with E-state index >= 15 is 0 Å². The maximum Gasteiger partial charge on any atom is 0.177 e. The average Bonchev–Trinajstić information content (AvgIpc) is 3.22. The molecule has 3 nitrogen and oxygen atoms in total. The van der Waals surface area contributed by atoms with Crippen molar-refractivity contribution < 1.29 is 4.79 Å². The van der Waals surface area contributed by atoms with E-state index in [9.17, 15) is 4.79 Å². The van der Waals surface area contributed by atoms with Crippen molar-refractivity contribution in [2.45, 2.75) is 46.1 Å². The lowest BCUT2D eigenvalue weighted by molar-refractivity contribution is 0.0925. The van der Waals surface area contributed by atoms with E-state index in [1.165, 1.54) is 5.56 Å². The number of Topliss-reactive ketones (excluding diaryl/α,β-unsaturated/α-hetero) is 1. The lowest BCUT2D eigenvalue weighted by atomic mass is 9.98. The second-order valence-electron chi connectivity index (χ2n) is 5.78. The number of carbonyl (C=O) groups excluding carboxylic acids is 1. The monoisotopic (exact) mass is 270 g/mol. The minimum atomic E-state index is 0.176. The molecule has 0 amide bonds. The van der Waals surface area contributed by atoms with Gasteiger partial charge in [0.15, 0.2) is 5.78 Å². The lowest BCUT2D eigenvalue weighted by Gasteiger charge is -2.20. The van der Waals surface area contributed by atoms with Crippen molar-refractivity contribution in [3.63, 3.8) is 0 Å². The normalized spacial score (nSPS) is 14.3. The molecular weight excluding hydrogens is 248 g/mol. The van der Waals surface area contributed by atoms with Crippen LogP contribution in [0.3, 0.4) is 0 Å². The molecule has 2 rings (SSSR count). The predicted molar refractivity (Wildman–Crippen MR) is 79.8 cm³/mol. The molecule has 1 aromatic carbocycles. The lowest BCUT2D eigenvalue weighted by Crippen LogP contribution is -2.33. The highest BCUT2D eigenvalue weighted by atomic mass is 16.1. The fourth-order valence-electron chi connectivity index (χ4n) is 2.55. The van der Waals surface area contributed by atoms with Gasteiger partial charge in [-0.3, -0.25) is 9.69 Å². The topological polar surface area (TPSA) is 44.1 Å². The number of aryl methyl sites for hydroxylation is 3. The van der Waals surface area contributed by atoms with Crippen LogP contribution in [0.4, 0.5) is 0 Å². The van der Waals surface area contributed by atoms with Gasteiger partial charge >= 0.3 is 0 Å². The van der Waals surface area contributed by atoms with Gasteiger partial charge in [-0.2, -0.15) is 5.26 Å². The first kappa shape index (κ1) is 14.7. The van der Waals surface area contributed by atoms with Crippen molar-refractivity contribution in [3.8, 4) is 6.07 Å². The van der Waals surface area contributed by atoms with Gasteiger partial charge in [0, 0.05) is 24.6 Å². The van der Waals surface area contributed by atoms with E-state index in [1.807, 2.05) is 19.9 Å². The zero-order valence-electron chi connectivity index (χ0n) is 12.6. The van der Waals surface area contributed by atoms with E-state index in [0.29, 0.717) is 25.6 Å². The Morgan fingerprint density at radius 2 is 1.90 bits per heavy atom. The Balaban J connectivity index is 2.10. The molecule has 106 valence electrons. The van der Waals surface area contributed by atoms with Gasteiger partial charge < -0.3 is 0 Å². The van der Waals surface area contributed by atoms with E-state index in [4.69, 9.17) is 5.26 Å². The van der Waals surface area contributed by atoms with Crippen molar-refractivity contribution in [1.29, 1.82) is 5.26 Å². The Kier molecular flexibility index (Phi) is 4.57. The van der Waals surface area contributed by atoms with Gasteiger partial charge in [0.05, 0.1) is 12.6 Å². The van der Waals surface area contributed by atoms with Crippen molar-refractivity contribution in [2.75, 3.05) is 13.1 Å². The third-order valence-corrected chi connectivity index (χ3v) is 4.06. The van der Waals surface area contributed by atoms with Crippen molar-refractivity contribution >= 4 is 5.78 Å². The smallest absolute Gasteiger partial charge is 0.177 e. The summed E-state index contributed by atoms with van der Waals surface area (Å²) in [4.78, 5) is 14.7. The molecule has 0 aromatic heterocycles. The highest BCUT2D eigenvalue weighted by molar-refractivity contribution is 5.99. The van der Waals surface area contributed by atoms with Crippen LogP contribution in [0.25, 0.3) is 0 Å². The van der Waals surface area contributed by atoms with Crippen LogP contribution in [0.5, 0.6) is 0 Å². The third-order valence-electron chi connectivity index (χ3n) is 4.06. The van der Waals surface area contributed by atoms with Crippen LogP contribution in [-0.4, -0.2) is 29.8 Å². The first-order valence-corrected chi connectivity index (χ1v) is 7.25. The highest BCUT2D eigenvalue weighted by Crippen LogP contribution is 2.27. The van der Waals surface area contributed by atoms with E-state index < -0.39 is 0 Å². The van der Waals surface area contributed by atoms with Crippen LogP contribution in [0.1, 0.15) is 46.3 Å². The summed E-state index contributed by atoms with van der Waals surface area (Å²) < 4.78 is 0. The molecule has 1 aliphatic rings. The Morgan fingerprint density at radius 3 is 2.50 bits per heavy atom. The summed E-state index contributed by atoms with van der Waals surface area (Å²) in [5.74, 6) is 0.176. The Bertz CT molecular complexity index is 553. The van der Waals surface area contributed by atoms with Crippen LogP contribution in [0.15, 0.2) is 12.1 Å². The van der Waals surface area contributed by atoms with Gasteiger partial charge in [-0.25, -0.2) is 0 Å². The summed E-state index contributed by atoms with van der Waals surface area (Å²) in [6.45, 7) is 7.25. The van der Waals surface area contributed by atoms with Crippen molar-refractivity contribution in [2.24, 2.45) is 0 Å². The molecule has 0 heterocycles. The average molecular weight is 270 g/mol. The van der Waals surface area contributed by atoms with Crippen LogP contribution in [-0.2, 0) is 0 Å². The largest absolute Gasteiger partial charge is 0.293 e. The first-order chi connectivity index (χ1) is 9.52. The fourth-order valence-corrected chi connectivity index (χ4v) is 2.55. The maximum atomic E-state index is 12.5. The van der Waals surface area contributed by atoms with Gasteiger partial charge in [0.2, 0.25) is 0 Å². The summed E-state index contributed by atoms with van der Waals surface area (Å²) in [6.07, 6.45) is 2.81. The van der Waals surface area contributed by atoms with Crippen LogP contribution < -0.4 is 0 Å². The van der Waals surface area contributed by atoms with Gasteiger partial charge in [0.1, 0.15) is 0 Å². The van der Waals surface area contributed by atoms with Crippen molar-refractivity contribution in [3.05, 3.63) is 34.4 Å². The van der Waals surface area contributed by atoms with Crippen LogP contribution >= 0.6 is 0 Å². The number of hydrogen-bond donors (Lipinski definition) is 0. The number of rotatable bonds is 6. The van der Waals surface area contributed by atoms with E-state index in [1.54, 1.807) is 0 Å².